The number of aromatic nitrogens is 3. The van der Waals surface area contributed by atoms with Gasteiger partial charge in [0.25, 0.3) is 0 Å². The van der Waals surface area contributed by atoms with Crippen LogP contribution in [-0.2, 0) is 0 Å². The van der Waals surface area contributed by atoms with E-state index < -0.39 is 0 Å². The summed E-state index contributed by atoms with van der Waals surface area (Å²) in [4.78, 5) is 15.3. The van der Waals surface area contributed by atoms with Crippen molar-refractivity contribution in [2.24, 2.45) is 0 Å². The first-order valence-corrected chi connectivity index (χ1v) is 4.65. The van der Waals surface area contributed by atoms with Gasteiger partial charge in [-0.3, -0.25) is 4.79 Å². The monoisotopic (exact) mass is 201 g/mol. The molecule has 0 fully saturated rings. The molecule has 0 aromatic carbocycles. The van der Waals surface area contributed by atoms with E-state index in [1.54, 1.807) is 29.2 Å². The van der Waals surface area contributed by atoms with Crippen molar-refractivity contribution < 1.29 is 4.79 Å². The normalized spacial score (nSPS) is 10.3. The topological polar surface area (TPSA) is 47.8 Å². The number of pyridine rings is 1. The summed E-state index contributed by atoms with van der Waals surface area (Å²) in [5, 5.41) is 4.13. The highest BCUT2D eigenvalue weighted by Crippen LogP contribution is 2.07. The lowest BCUT2D eigenvalue weighted by molar-refractivity contribution is 0.101. The van der Waals surface area contributed by atoms with Crippen LogP contribution in [0.5, 0.6) is 0 Å². The third-order valence-corrected chi connectivity index (χ3v) is 2.10. The summed E-state index contributed by atoms with van der Waals surface area (Å²) in [6.45, 7) is 3.49. The third kappa shape index (κ3) is 1.93. The molecule has 0 N–H and O–H groups in total. The van der Waals surface area contributed by atoms with Crippen LogP contribution in [0.2, 0.25) is 0 Å². The van der Waals surface area contributed by atoms with Gasteiger partial charge in [0.05, 0.1) is 6.20 Å². The van der Waals surface area contributed by atoms with Gasteiger partial charge in [-0.15, -0.1) is 0 Å². The molecule has 0 aliphatic rings. The molecule has 0 amide bonds. The highest BCUT2D eigenvalue weighted by atomic mass is 16.1. The van der Waals surface area contributed by atoms with E-state index in [0.717, 1.165) is 5.56 Å². The number of carbonyl (C=O) groups excluding carboxylic acids is 1. The molecular formula is C11H11N3O. The van der Waals surface area contributed by atoms with Gasteiger partial charge in [0.2, 0.25) is 0 Å². The van der Waals surface area contributed by atoms with Gasteiger partial charge in [-0.1, -0.05) is 0 Å². The van der Waals surface area contributed by atoms with E-state index in [2.05, 4.69) is 10.1 Å². The molecule has 4 heteroatoms. The maximum Gasteiger partial charge on any atom is 0.159 e. The van der Waals surface area contributed by atoms with E-state index in [0.29, 0.717) is 11.4 Å². The maximum absolute atomic E-state index is 11.2. The van der Waals surface area contributed by atoms with E-state index in [1.807, 2.05) is 13.1 Å². The molecule has 0 saturated heterocycles. The van der Waals surface area contributed by atoms with E-state index in [1.165, 1.54) is 6.92 Å². The highest BCUT2D eigenvalue weighted by molar-refractivity contribution is 5.94. The van der Waals surface area contributed by atoms with Gasteiger partial charge in [0.15, 0.2) is 11.6 Å². The van der Waals surface area contributed by atoms with Gasteiger partial charge in [0.1, 0.15) is 0 Å². The van der Waals surface area contributed by atoms with E-state index in [-0.39, 0.29) is 5.78 Å². The van der Waals surface area contributed by atoms with Crippen molar-refractivity contribution in [3.63, 3.8) is 0 Å². The molecule has 0 radical (unpaired) electrons. The Morgan fingerprint density at radius 2 is 2.27 bits per heavy atom. The summed E-state index contributed by atoms with van der Waals surface area (Å²) in [7, 11) is 0. The zero-order valence-electron chi connectivity index (χ0n) is 8.64. The highest BCUT2D eigenvalue weighted by Gasteiger charge is 2.03. The molecule has 0 atom stereocenters. The molecule has 2 heterocycles. The average Bonchev–Trinajstić information content (AvgIpc) is 2.65. The van der Waals surface area contributed by atoms with Gasteiger partial charge in [0, 0.05) is 18.0 Å². The van der Waals surface area contributed by atoms with Crippen molar-refractivity contribution in [2.75, 3.05) is 0 Å². The Bertz CT molecular complexity index is 502. The van der Waals surface area contributed by atoms with Crippen molar-refractivity contribution >= 4 is 5.78 Å². The molecule has 0 aliphatic heterocycles. The van der Waals surface area contributed by atoms with Gasteiger partial charge in [-0.2, -0.15) is 5.10 Å². The molecule has 76 valence electrons. The molecule has 2 aromatic rings. The molecule has 15 heavy (non-hydrogen) atoms. The second-order valence-corrected chi connectivity index (χ2v) is 3.42. The lowest BCUT2D eigenvalue weighted by Crippen LogP contribution is -2.00. The van der Waals surface area contributed by atoms with Crippen LogP contribution in [-0.4, -0.2) is 20.5 Å². The van der Waals surface area contributed by atoms with E-state index in [4.69, 9.17) is 0 Å². The largest absolute Gasteiger partial charge is 0.295 e. The lowest BCUT2D eigenvalue weighted by Gasteiger charge is -2.01. The predicted molar refractivity (Wildman–Crippen MR) is 56.1 cm³/mol. The average molecular weight is 201 g/mol. The number of nitrogens with zero attached hydrogens (tertiary/aromatic N) is 3. The fourth-order valence-electron chi connectivity index (χ4n) is 1.30. The predicted octanol–water partition coefficient (Wildman–Crippen LogP) is 1.78. The van der Waals surface area contributed by atoms with Crippen LogP contribution in [0.3, 0.4) is 0 Å². The van der Waals surface area contributed by atoms with E-state index >= 15 is 0 Å². The van der Waals surface area contributed by atoms with Gasteiger partial charge < -0.3 is 0 Å². The number of carbonyl (C=O) groups is 1. The standard InChI is InChI=1S/C11H11N3O/c1-8-6-13-14(7-8)11-5-10(9(2)15)3-4-12-11/h3-7H,1-2H3. The first-order chi connectivity index (χ1) is 7.16. The summed E-state index contributed by atoms with van der Waals surface area (Å²) in [5.41, 5.74) is 1.71. The SMILES string of the molecule is CC(=O)c1ccnc(-n2cc(C)cn2)c1. The lowest BCUT2D eigenvalue weighted by atomic mass is 10.2. The summed E-state index contributed by atoms with van der Waals surface area (Å²) < 4.78 is 1.65. The zero-order valence-corrected chi connectivity index (χ0v) is 8.64. The number of hydrogen-bond donors (Lipinski definition) is 0. The Labute approximate surface area is 87.6 Å². The van der Waals surface area contributed by atoms with E-state index in [9.17, 15) is 4.79 Å². The number of rotatable bonds is 2. The first kappa shape index (κ1) is 9.58. The molecular weight excluding hydrogens is 190 g/mol. The second-order valence-electron chi connectivity index (χ2n) is 3.42. The van der Waals surface area contributed by atoms with Crippen LogP contribution >= 0.6 is 0 Å². The van der Waals surface area contributed by atoms with Crippen molar-refractivity contribution in [2.45, 2.75) is 13.8 Å². The smallest absolute Gasteiger partial charge is 0.159 e. The zero-order chi connectivity index (χ0) is 10.8. The summed E-state index contributed by atoms with van der Waals surface area (Å²) >= 11 is 0. The molecule has 0 bridgehead atoms. The van der Waals surface area contributed by atoms with Crippen LogP contribution in [0.1, 0.15) is 22.8 Å². The molecule has 0 spiro atoms. The van der Waals surface area contributed by atoms with Crippen LogP contribution in [0, 0.1) is 6.92 Å². The Hall–Kier alpha value is -1.97. The third-order valence-electron chi connectivity index (χ3n) is 2.10. The van der Waals surface area contributed by atoms with Crippen molar-refractivity contribution in [3.05, 3.63) is 41.9 Å². The molecule has 2 rings (SSSR count). The molecule has 0 unspecified atom stereocenters. The Morgan fingerprint density at radius 3 is 2.87 bits per heavy atom. The van der Waals surface area contributed by atoms with Gasteiger partial charge >= 0.3 is 0 Å². The quantitative estimate of drug-likeness (QED) is 0.696. The molecule has 4 nitrogen and oxygen atoms in total. The summed E-state index contributed by atoms with van der Waals surface area (Å²) in [6, 6.07) is 3.43. The molecule has 2 aromatic heterocycles. The number of hydrogen-bond acceptors (Lipinski definition) is 3. The minimum absolute atomic E-state index is 0.0301. The number of Topliss-reactive ketones (excluding diaryl/α,β-unsaturated/α-hetero) is 1. The Kier molecular flexibility index (Phi) is 2.33. The van der Waals surface area contributed by atoms with Crippen LogP contribution < -0.4 is 0 Å². The number of aryl methyl sites for hydroxylation is 1. The van der Waals surface area contributed by atoms with Crippen molar-refractivity contribution in [3.8, 4) is 5.82 Å². The van der Waals surface area contributed by atoms with Crippen molar-refractivity contribution in [1.82, 2.24) is 14.8 Å². The van der Waals surface area contributed by atoms with Gasteiger partial charge in [-0.25, -0.2) is 9.67 Å². The summed E-state index contributed by atoms with van der Waals surface area (Å²) in [6.07, 6.45) is 5.23. The summed E-state index contributed by atoms with van der Waals surface area (Å²) in [5.74, 6) is 0.693. The van der Waals surface area contributed by atoms with Gasteiger partial charge in [-0.05, 0) is 31.5 Å². The minimum Gasteiger partial charge on any atom is -0.295 e. The Morgan fingerprint density at radius 1 is 1.47 bits per heavy atom. The fourth-order valence-corrected chi connectivity index (χ4v) is 1.30. The van der Waals surface area contributed by atoms with Crippen molar-refractivity contribution in [1.29, 1.82) is 0 Å². The second kappa shape index (κ2) is 3.65. The maximum atomic E-state index is 11.2. The number of ketones is 1. The van der Waals surface area contributed by atoms with Crippen LogP contribution in [0.25, 0.3) is 5.82 Å². The fraction of sp³-hybridized carbons (Fsp3) is 0.182. The van der Waals surface area contributed by atoms with Crippen LogP contribution in [0.4, 0.5) is 0 Å². The minimum atomic E-state index is 0.0301. The molecule has 0 aliphatic carbocycles. The Balaban J connectivity index is 2.45. The van der Waals surface area contributed by atoms with Crippen LogP contribution in [0.15, 0.2) is 30.7 Å². The first-order valence-electron chi connectivity index (χ1n) is 4.65. The molecule has 0 saturated carbocycles.